The van der Waals surface area contributed by atoms with Crippen LogP contribution < -0.4 is 5.32 Å². The van der Waals surface area contributed by atoms with Crippen LogP contribution in [0.2, 0.25) is 0 Å². The molecule has 1 fully saturated rings. The Bertz CT molecular complexity index is 436. The quantitative estimate of drug-likeness (QED) is 0.690. The number of likely N-dealkylation sites (N-methyl/N-ethyl adjacent to an activating group) is 1. The van der Waals surface area contributed by atoms with Crippen LogP contribution in [0, 0.1) is 0 Å². The number of amides is 1. The highest BCUT2D eigenvalue weighted by atomic mass is 16.3. The molecule has 2 rings (SSSR count). The summed E-state index contributed by atoms with van der Waals surface area (Å²) in [6.07, 6.45) is -0.379. The Hall–Kier alpha value is -1.59. The van der Waals surface area contributed by atoms with E-state index in [1.807, 2.05) is 0 Å². The maximum atomic E-state index is 12.1. The largest absolute Gasteiger partial charge is 0.508 e. The number of carbonyl (C=O) groups excluding carboxylic acids is 1. The zero-order valence-electron chi connectivity index (χ0n) is 10.3. The van der Waals surface area contributed by atoms with Gasteiger partial charge < -0.3 is 20.4 Å². The van der Waals surface area contributed by atoms with Gasteiger partial charge in [0.2, 0.25) is 5.91 Å². The van der Waals surface area contributed by atoms with Crippen molar-refractivity contribution in [1.29, 1.82) is 0 Å². The van der Waals surface area contributed by atoms with E-state index in [4.69, 9.17) is 0 Å². The molecule has 0 spiro atoms. The van der Waals surface area contributed by atoms with Crippen LogP contribution in [0.15, 0.2) is 24.3 Å². The van der Waals surface area contributed by atoms with E-state index < -0.39 is 6.10 Å². The van der Waals surface area contributed by atoms with E-state index in [1.165, 1.54) is 0 Å². The van der Waals surface area contributed by atoms with Gasteiger partial charge in [0.05, 0.1) is 18.6 Å². The SMILES string of the molecule is CN(C(=O)Cc1ccccc1O)[C@@H]1CNC[C@H]1O. The fourth-order valence-electron chi connectivity index (χ4n) is 2.18. The number of aliphatic hydroxyl groups is 1. The summed E-state index contributed by atoms with van der Waals surface area (Å²) in [4.78, 5) is 13.6. The molecule has 1 saturated heterocycles. The first kappa shape index (κ1) is 12.9. The summed E-state index contributed by atoms with van der Waals surface area (Å²) >= 11 is 0. The standard InChI is InChI=1S/C13H18N2O3/c1-15(10-7-14-8-12(10)17)13(18)6-9-4-2-3-5-11(9)16/h2-5,10,12,14,16-17H,6-8H2,1H3/t10-,12-/m1/s1. The van der Waals surface area contributed by atoms with Crippen LogP contribution in [0.1, 0.15) is 5.56 Å². The van der Waals surface area contributed by atoms with Crippen molar-refractivity contribution in [3.05, 3.63) is 29.8 Å². The Morgan fingerprint density at radius 2 is 2.17 bits per heavy atom. The molecule has 0 aromatic heterocycles. The van der Waals surface area contributed by atoms with Gasteiger partial charge in [-0.3, -0.25) is 4.79 Å². The Balaban J connectivity index is 2.02. The minimum absolute atomic E-state index is 0.107. The van der Waals surface area contributed by atoms with Crippen LogP contribution in [0.5, 0.6) is 5.75 Å². The molecule has 98 valence electrons. The predicted molar refractivity (Wildman–Crippen MR) is 67.2 cm³/mol. The van der Waals surface area contributed by atoms with Gasteiger partial charge in [0, 0.05) is 25.7 Å². The van der Waals surface area contributed by atoms with Crippen LogP contribution in [0.3, 0.4) is 0 Å². The van der Waals surface area contributed by atoms with Crippen LogP contribution in [-0.4, -0.2) is 53.3 Å². The van der Waals surface area contributed by atoms with Gasteiger partial charge in [-0.15, -0.1) is 0 Å². The number of β-amino-alcohol motifs (C(OH)–C–C–N with tert-alkyl or cyclic N) is 1. The molecule has 1 aromatic carbocycles. The van der Waals surface area contributed by atoms with Gasteiger partial charge in [0.25, 0.3) is 0 Å². The molecule has 3 N–H and O–H groups in total. The van der Waals surface area contributed by atoms with Crippen molar-refractivity contribution in [1.82, 2.24) is 10.2 Å². The molecular weight excluding hydrogens is 232 g/mol. The number of hydrogen-bond donors (Lipinski definition) is 3. The molecule has 0 saturated carbocycles. The average Bonchev–Trinajstić information content (AvgIpc) is 2.77. The number of phenols is 1. The molecule has 0 bridgehead atoms. The first-order chi connectivity index (χ1) is 8.59. The third kappa shape index (κ3) is 2.63. The number of carbonyl (C=O) groups is 1. The van der Waals surface area contributed by atoms with E-state index in [2.05, 4.69) is 5.32 Å². The van der Waals surface area contributed by atoms with E-state index in [1.54, 1.807) is 36.2 Å². The number of benzene rings is 1. The van der Waals surface area contributed by atoms with Gasteiger partial charge in [-0.1, -0.05) is 18.2 Å². The third-order valence-corrected chi connectivity index (χ3v) is 3.38. The fraction of sp³-hybridized carbons (Fsp3) is 0.462. The average molecular weight is 250 g/mol. The van der Waals surface area contributed by atoms with Gasteiger partial charge in [0.15, 0.2) is 0 Å². The number of aromatic hydroxyl groups is 1. The molecule has 0 unspecified atom stereocenters. The molecule has 1 aliphatic heterocycles. The normalized spacial score (nSPS) is 23.0. The maximum Gasteiger partial charge on any atom is 0.227 e. The van der Waals surface area contributed by atoms with Crippen molar-refractivity contribution < 1.29 is 15.0 Å². The van der Waals surface area contributed by atoms with Crippen LogP contribution >= 0.6 is 0 Å². The zero-order valence-corrected chi connectivity index (χ0v) is 10.3. The van der Waals surface area contributed by atoms with Crippen molar-refractivity contribution in [3.63, 3.8) is 0 Å². The van der Waals surface area contributed by atoms with Crippen LogP contribution in [0.25, 0.3) is 0 Å². The van der Waals surface area contributed by atoms with Crippen molar-refractivity contribution in [2.24, 2.45) is 0 Å². The second kappa shape index (κ2) is 5.37. The second-order valence-corrected chi connectivity index (χ2v) is 4.60. The Morgan fingerprint density at radius 3 is 2.78 bits per heavy atom. The number of hydrogen-bond acceptors (Lipinski definition) is 4. The van der Waals surface area contributed by atoms with E-state index in [9.17, 15) is 15.0 Å². The predicted octanol–water partition coefficient (Wildman–Crippen LogP) is -0.274. The van der Waals surface area contributed by atoms with Crippen LogP contribution in [-0.2, 0) is 11.2 Å². The molecule has 1 aliphatic rings. The molecule has 0 aliphatic carbocycles. The summed E-state index contributed by atoms with van der Waals surface area (Å²) in [5.41, 5.74) is 0.606. The van der Waals surface area contributed by atoms with Crippen molar-refractivity contribution in [3.8, 4) is 5.75 Å². The molecule has 0 radical (unpaired) electrons. The van der Waals surface area contributed by atoms with E-state index >= 15 is 0 Å². The lowest BCUT2D eigenvalue weighted by atomic mass is 10.1. The molecule has 1 amide bonds. The molecule has 18 heavy (non-hydrogen) atoms. The topological polar surface area (TPSA) is 72.8 Å². The van der Waals surface area contributed by atoms with E-state index in [0.29, 0.717) is 18.7 Å². The minimum Gasteiger partial charge on any atom is -0.508 e. The first-order valence-electron chi connectivity index (χ1n) is 6.01. The Kier molecular flexibility index (Phi) is 3.84. The van der Waals surface area contributed by atoms with Crippen molar-refractivity contribution in [2.75, 3.05) is 20.1 Å². The summed E-state index contributed by atoms with van der Waals surface area (Å²) in [5.74, 6) is 0.0218. The van der Waals surface area contributed by atoms with Crippen molar-refractivity contribution in [2.45, 2.75) is 18.6 Å². The Morgan fingerprint density at radius 1 is 1.44 bits per heavy atom. The Labute approximate surface area is 106 Å². The highest BCUT2D eigenvalue weighted by Crippen LogP contribution is 2.18. The number of nitrogens with zero attached hydrogens (tertiary/aromatic N) is 1. The second-order valence-electron chi connectivity index (χ2n) is 4.60. The molecule has 5 nitrogen and oxygen atoms in total. The molecule has 1 aromatic rings. The number of rotatable bonds is 3. The lowest BCUT2D eigenvalue weighted by molar-refractivity contribution is -0.132. The number of phenolic OH excluding ortho intramolecular Hbond substituents is 1. The highest BCUT2D eigenvalue weighted by Gasteiger charge is 2.31. The van der Waals surface area contributed by atoms with Gasteiger partial charge in [-0.05, 0) is 6.07 Å². The molecule has 2 atom stereocenters. The molecule has 5 heteroatoms. The van der Waals surface area contributed by atoms with Gasteiger partial charge in [0.1, 0.15) is 5.75 Å². The van der Waals surface area contributed by atoms with Crippen molar-refractivity contribution >= 4 is 5.91 Å². The first-order valence-corrected chi connectivity index (χ1v) is 6.01. The lowest BCUT2D eigenvalue weighted by Gasteiger charge is -2.26. The summed E-state index contributed by atoms with van der Waals surface area (Å²) in [7, 11) is 1.68. The molecular formula is C13H18N2O3. The summed E-state index contributed by atoms with van der Waals surface area (Å²) in [6.45, 7) is 1.11. The highest BCUT2D eigenvalue weighted by molar-refractivity contribution is 5.79. The van der Waals surface area contributed by atoms with E-state index in [-0.39, 0.29) is 24.1 Å². The van der Waals surface area contributed by atoms with Gasteiger partial charge >= 0.3 is 0 Å². The fourth-order valence-corrected chi connectivity index (χ4v) is 2.18. The molecule has 1 heterocycles. The maximum absolute atomic E-state index is 12.1. The smallest absolute Gasteiger partial charge is 0.227 e. The summed E-state index contributed by atoms with van der Waals surface area (Å²) < 4.78 is 0. The lowest BCUT2D eigenvalue weighted by Crippen LogP contribution is -2.44. The third-order valence-electron chi connectivity index (χ3n) is 3.38. The number of para-hydroxylation sites is 1. The summed E-state index contributed by atoms with van der Waals surface area (Å²) in [6, 6.07) is 6.61. The van der Waals surface area contributed by atoms with Gasteiger partial charge in [-0.2, -0.15) is 0 Å². The zero-order chi connectivity index (χ0) is 13.1. The minimum atomic E-state index is -0.525. The van der Waals surface area contributed by atoms with Gasteiger partial charge in [-0.25, -0.2) is 0 Å². The number of aliphatic hydroxyl groups excluding tert-OH is 1. The van der Waals surface area contributed by atoms with Crippen LogP contribution in [0.4, 0.5) is 0 Å². The summed E-state index contributed by atoms with van der Waals surface area (Å²) in [5, 5.41) is 22.4. The monoisotopic (exact) mass is 250 g/mol. The number of nitrogens with one attached hydrogen (secondary N) is 1. The van der Waals surface area contributed by atoms with E-state index in [0.717, 1.165) is 0 Å².